The minimum absolute atomic E-state index is 0.0345. The number of nitrogens with zero attached hydrogens (tertiary/aromatic N) is 2. The van der Waals surface area contributed by atoms with Crippen molar-refractivity contribution in [1.82, 2.24) is 9.80 Å². The molecule has 0 aromatic heterocycles. The Hall–Kier alpha value is -2.15. The zero-order chi connectivity index (χ0) is 20.3. The van der Waals surface area contributed by atoms with Gasteiger partial charge in [0, 0.05) is 31.2 Å². The largest absolute Gasteiger partial charge is 0.336 e. The van der Waals surface area contributed by atoms with Crippen LogP contribution in [-0.2, 0) is 4.79 Å². The van der Waals surface area contributed by atoms with Gasteiger partial charge in [-0.2, -0.15) is 0 Å². The molecule has 8 heteroatoms. The Morgan fingerprint density at radius 1 is 1.07 bits per heavy atom. The van der Waals surface area contributed by atoms with Crippen molar-refractivity contribution in [1.29, 1.82) is 0 Å². The number of aryl methyl sites for hydroxylation is 1. The average molecular weight is 424 g/mol. The number of rotatable bonds is 4. The fourth-order valence-corrected chi connectivity index (χ4v) is 3.51. The number of carbonyl (C=O) groups excluding carboxylic acids is 2. The third-order valence-corrected chi connectivity index (χ3v) is 5.13. The summed E-state index contributed by atoms with van der Waals surface area (Å²) in [6.45, 7) is 3.96. The smallest absolute Gasteiger partial charge is 0.256 e. The molecule has 0 saturated carbocycles. The summed E-state index contributed by atoms with van der Waals surface area (Å²) in [6, 6.07) is 9.37. The van der Waals surface area contributed by atoms with Crippen LogP contribution in [0.15, 0.2) is 36.4 Å². The van der Waals surface area contributed by atoms with Gasteiger partial charge in [-0.1, -0.05) is 29.3 Å². The van der Waals surface area contributed by atoms with Crippen LogP contribution in [0.1, 0.15) is 15.9 Å². The molecule has 2 aromatic rings. The number of piperazine rings is 1. The molecular formula is C20H20Cl2FN3O2. The minimum Gasteiger partial charge on any atom is -0.336 e. The first-order valence-corrected chi connectivity index (χ1v) is 9.62. The van der Waals surface area contributed by atoms with E-state index in [1.807, 2.05) is 17.9 Å². The van der Waals surface area contributed by atoms with Gasteiger partial charge in [0.15, 0.2) is 0 Å². The highest BCUT2D eigenvalue weighted by Crippen LogP contribution is 2.23. The number of anilines is 1. The maximum atomic E-state index is 13.9. The van der Waals surface area contributed by atoms with Crippen molar-refractivity contribution in [3.63, 3.8) is 0 Å². The van der Waals surface area contributed by atoms with E-state index < -0.39 is 11.7 Å². The molecule has 1 aliphatic heterocycles. The van der Waals surface area contributed by atoms with Crippen LogP contribution in [0.4, 0.5) is 10.1 Å². The van der Waals surface area contributed by atoms with Crippen molar-refractivity contribution in [2.24, 2.45) is 0 Å². The van der Waals surface area contributed by atoms with Crippen molar-refractivity contribution in [2.75, 3.05) is 38.0 Å². The number of amides is 2. The normalized spacial score (nSPS) is 14.8. The van der Waals surface area contributed by atoms with Gasteiger partial charge in [-0.05, 0) is 42.8 Å². The summed E-state index contributed by atoms with van der Waals surface area (Å²) in [5.74, 6) is -1.16. The molecule has 0 unspecified atom stereocenters. The second-order valence-electron chi connectivity index (χ2n) is 6.72. The third kappa shape index (κ3) is 5.01. The molecule has 0 spiro atoms. The standard InChI is InChI=1S/C20H20Cl2FN3O2/c1-13-2-5-18(16(22)10-13)24-19(27)12-25-6-8-26(9-7-25)20(28)15-11-14(21)3-4-17(15)23/h2-5,10-11H,6-9,12H2,1H3,(H,24,27). The zero-order valence-electron chi connectivity index (χ0n) is 15.3. The topological polar surface area (TPSA) is 52.7 Å². The molecule has 0 atom stereocenters. The quantitative estimate of drug-likeness (QED) is 0.812. The van der Waals surface area contributed by atoms with E-state index in [1.165, 1.54) is 18.2 Å². The first kappa shape index (κ1) is 20.6. The molecule has 5 nitrogen and oxygen atoms in total. The summed E-state index contributed by atoms with van der Waals surface area (Å²) >= 11 is 12.0. The fourth-order valence-electron chi connectivity index (χ4n) is 3.06. The van der Waals surface area contributed by atoms with Gasteiger partial charge in [0.1, 0.15) is 5.82 Å². The molecule has 28 heavy (non-hydrogen) atoms. The Balaban J connectivity index is 1.53. The number of hydrogen-bond donors (Lipinski definition) is 1. The van der Waals surface area contributed by atoms with Gasteiger partial charge in [0.2, 0.25) is 5.91 Å². The molecule has 0 radical (unpaired) electrons. The Morgan fingerprint density at radius 3 is 2.46 bits per heavy atom. The van der Waals surface area contributed by atoms with E-state index in [0.29, 0.717) is 41.9 Å². The maximum absolute atomic E-state index is 13.9. The second kappa shape index (κ2) is 8.90. The van der Waals surface area contributed by atoms with Crippen LogP contribution >= 0.6 is 23.2 Å². The lowest BCUT2D eigenvalue weighted by molar-refractivity contribution is -0.117. The Morgan fingerprint density at radius 2 is 1.79 bits per heavy atom. The van der Waals surface area contributed by atoms with Crippen LogP contribution < -0.4 is 5.32 Å². The summed E-state index contributed by atoms with van der Waals surface area (Å²) < 4.78 is 13.9. The van der Waals surface area contributed by atoms with Crippen LogP contribution in [0.3, 0.4) is 0 Å². The number of halogens is 3. The molecule has 1 N–H and O–H groups in total. The van der Waals surface area contributed by atoms with Gasteiger partial charge in [-0.25, -0.2) is 4.39 Å². The molecule has 0 aliphatic carbocycles. The Labute approximate surface area is 173 Å². The van der Waals surface area contributed by atoms with E-state index in [1.54, 1.807) is 17.0 Å². The van der Waals surface area contributed by atoms with Gasteiger partial charge >= 0.3 is 0 Å². The summed E-state index contributed by atoms with van der Waals surface area (Å²) in [5.41, 5.74) is 1.55. The van der Waals surface area contributed by atoms with Crippen molar-refractivity contribution < 1.29 is 14.0 Å². The first-order chi connectivity index (χ1) is 13.3. The van der Waals surface area contributed by atoms with E-state index in [2.05, 4.69) is 5.32 Å². The Bertz CT molecular complexity index is 899. The highest BCUT2D eigenvalue weighted by molar-refractivity contribution is 6.33. The van der Waals surface area contributed by atoms with Gasteiger partial charge in [0.25, 0.3) is 5.91 Å². The predicted molar refractivity (Wildman–Crippen MR) is 109 cm³/mol. The molecule has 1 fully saturated rings. The van der Waals surface area contributed by atoms with Crippen LogP contribution in [-0.4, -0.2) is 54.3 Å². The fraction of sp³-hybridized carbons (Fsp3) is 0.300. The lowest BCUT2D eigenvalue weighted by Crippen LogP contribution is -2.50. The van der Waals surface area contributed by atoms with Crippen molar-refractivity contribution in [3.8, 4) is 0 Å². The summed E-state index contributed by atoms with van der Waals surface area (Å²) in [5, 5.41) is 3.61. The lowest BCUT2D eigenvalue weighted by atomic mass is 10.1. The summed E-state index contributed by atoms with van der Waals surface area (Å²) in [4.78, 5) is 28.3. The number of nitrogens with one attached hydrogen (secondary N) is 1. The molecule has 1 aliphatic rings. The number of carbonyl (C=O) groups is 2. The zero-order valence-corrected chi connectivity index (χ0v) is 16.9. The maximum Gasteiger partial charge on any atom is 0.256 e. The average Bonchev–Trinajstić information content (AvgIpc) is 2.66. The molecule has 148 valence electrons. The predicted octanol–water partition coefficient (Wildman–Crippen LogP) is 3.84. The highest BCUT2D eigenvalue weighted by atomic mass is 35.5. The van der Waals surface area contributed by atoms with Crippen LogP contribution in [0, 0.1) is 12.7 Å². The van der Waals surface area contributed by atoms with Crippen LogP contribution in [0.25, 0.3) is 0 Å². The van der Waals surface area contributed by atoms with Crippen molar-refractivity contribution in [2.45, 2.75) is 6.92 Å². The first-order valence-electron chi connectivity index (χ1n) is 8.86. The van der Waals surface area contributed by atoms with E-state index in [-0.39, 0.29) is 18.0 Å². The molecule has 3 rings (SSSR count). The van der Waals surface area contributed by atoms with Gasteiger partial charge in [-0.15, -0.1) is 0 Å². The minimum atomic E-state index is -0.591. The van der Waals surface area contributed by atoms with E-state index in [4.69, 9.17) is 23.2 Å². The molecule has 1 heterocycles. The van der Waals surface area contributed by atoms with E-state index in [0.717, 1.165) is 5.56 Å². The SMILES string of the molecule is Cc1ccc(NC(=O)CN2CCN(C(=O)c3cc(Cl)ccc3F)CC2)c(Cl)c1. The number of benzene rings is 2. The van der Waals surface area contributed by atoms with Gasteiger partial charge in [0.05, 0.1) is 22.8 Å². The van der Waals surface area contributed by atoms with E-state index >= 15 is 0 Å². The monoisotopic (exact) mass is 423 g/mol. The van der Waals surface area contributed by atoms with Crippen molar-refractivity contribution >= 4 is 40.7 Å². The summed E-state index contributed by atoms with van der Waals surface area (Å²) in [6.07, 6.45) is 0. The lowest BCUT2D eigenvalue weighted by Gasteiger charge is -2.34. The second-order valence-corrected chi connectivity index (χ2v) is 7.57. The van der Waals surface area contributed by atoms with Crippen LogP contribution in [0.2, 0.25) is 10.0 Å². The molecule has 2 aromatic carbocycles. The van der Waals surface area contributed by atoms with E-state index in [9.17, 15) is 14.0 Å². The van der Waals surface area contributed by atoms with Gasteiger partial charge < -0.3 is 10.2 Å². The third-order valence-electron chi connectivity index (χ3n) is 4.58. The molecular weight excluding hydrogens is 404 g/mol. The highest BCUT2D eigenvalue weighted by Gasteiger charge is 2.25. The molecule has 2 amide bonds. The summed E-state index contributed by atoms with van der Waals surface area (Å²) in [7, 11) is 0. The van der Waals surface area contributed by atoms with Gasteiger partial charge in [-0.3, -0.25) is 14.5 Å². The molecule has 0 bridgehead atoms. The number of hydrogen-bond acceptors (Lipinski definition) is 3. The molecule has 1 saturated heterocycles. The van der Waals surface area contributed by atoms with Crippen molar-refractivity contribution in [3.05, 3.63) is 63.4 Å². The van der Waals surface area contributed by atoms with Crippen LogP contribution in [0.5, 0.6) is 0 Å². The Kier molecular flexibility index (Phi) is 6.54.